The Morgan fingerprint density at radius 2 is 2.19 bits per heavy atom. The average Bonchev–Trinajstić information content (AvgIpc) is 3.08. The number of thiazole rings is 1. The maximum atomic E-state index is 4.63. The second-order valence-corrected chi connectivity index (χ2v) is 6.49. The van der Waals surface area contributed by atoms with E-state index in [0.29, 0.717) is 0 Å². The van der Waals surface area contributed by atoms with Crippen LogP contribution in [0.4, 0.5) is 10.8 Å². The van der Waals surface area contributed by atoms with Crippen molar-refractivity contribution in [2.75, 3.05) is 5.32 Å². The Labute approximate surface area is 132 Å². The maximum Gasteiger partial charge on any atom is 0.187 e. The lowest BCUT2D eigenvalue weighted by Crippen LogP contribution is -1.93. The Kier molecular flexibility index (Phi) is 4.26. The van der Waals surface area contributed by atoms with Crippen molar-refractivity contribution in [3.8, 4) is 0 Å². The largest absolute Gasteiger partial charge is 0.331 e. The van der Waals surface area contributed by atoms with Crippen LogP contribution in [0.3, 0.4) is 0 Å². The fourth-order valence-corrected chi connectivity index (χ4v) is 3.54. The van der Waals surface area contributed by atoms with Crippen molar-refractivity contribution in [2.24, 2.45) is 7.05 Å². The molecule has 0 amide bonds. The third-order valence-corrected chi connectivity index (χ3v) is 4.96. The zero-order chi connectivity index (χ0) is 14.7. The Bertz CT molecular complexity index is 733. The van der Waals surface area contributed by atoms with Gasteiger partial charge in [0, 0.05) is 36.3 Å². The predicted molar refractivity (Wildman–Crippen MR) is 89.3 cm³/mol. The molecule has 1 N–H and O–H groups in total. The van der Waals surface area contributed by atoms with Gasteiger partial charge in [-0.1, -0.05) is 30.0 Å². The number of nitrogens with one attached hydrogen (secondary N) is 1. The first-order valence-corrected chi connectivity index (χ1v) is 8.46. The zero-order valence-corrected chi connectivity index (χ0v) is 13.5. The first kappa shape index (κ1) is 14.2. The Morgan fingerprint density at radius 1 is 1.33 bits per heavy atom. The van der Waals surface area contributed by atoms with Gasteiger partial charge in [-0.3, -0.25) is 0 Å². The smallest absolute Gasteiger partial charge is 0.187 e. The fraction of sp³-hybridized carbons (Fsp3) is 0.200. The van der Waals surface area contributed by atoms with Crippen molar-refractivity contribution in [3.05, 3.63) is 53.3 Å². The van der Waals surface area contributed by atoms with Crippen LogP contribution in [0, 0.1) is 6.92 Å². The van der Waals surface area contributed by atoms with Crippen molar-refractivity contribution in [3.63, 3.8) is 0 Å². The van der Waals surface area contributed by atoms with Gasteiger partial charge >= 0.3 is 0 Å². The van der Waals surface area contributed by atoms with Gasteiger partial charge < -0.3 is 9.88 Å². The summed E-state index contributed by atoms with van der Waals surface area (Å²) in [5, 5.41) is 7.41. The molecule has 0 bridgehead atoms. The van der Waals surface area contributed by atoms with Gasteiger partial charge in [0.1, 0.15) is 0 Å². The van der Waals surface area contributed by atoms with E-state index in [-0.39, 0.29) is 0 Å². The van der Waals surface area contributed by atoms with Crippen LogP contribution in [0.2, 0.25) is 0 Å². The van der Waals surface area contributed by atoms with Crippen LogP contribution in [-0.2, 0) is 12.8 Å². The molecule has 0 radical (unpaired) electrons. The van der Waals surface area contributed by atoms with Crippen LogP contribution in [-0.4, -0.2) is 14.5 Å². The first-order chi connectivity index (χ1) is 10.2. The number of thioether (sulfide) groups is 1. The highest BCUT2D eigenvalue weighted by molar-refractivity contribution is 7.98. The molecular formula is C15H16N4S2. The van der Waals surface area contributed by atoms with Gasteiger partial charge in [-0.2, -0.15) is 0 Å². The minimum absolute atomic E-state index is 0.830. The number of para-hydroxylation sites is 1. The lowest BCUT2D eigenvalue weighted by atomic mass is 10.2. The van der Waals surface area contributed by atoms with E-state index in [1.54, 1.807) is 23.1 Å². The standard InChI is InChI=1S/C15H16N4S2/c1-11-5-3-4-6-13(11)18-14-17-12(9-20-14)10-21-15-16-7-8-19(15)2/h3-9H,10H2,1-2H3,(H,17,18). The highest BCUT2D eigenvalue weighted by Gasteiger charge is 2.06. The van der Waals surface area contributed by atoms with E-state index in [1.165, 1.54) is 5.56 Å². The summed E-state index contributed by atoms with van der Waals surface area (Å²) >= 11 is 3.33. The van der Waals surface area contributed by atoms with Crippen LogP contribution < -0.4 is 5.32 Å². The summed E-state index contributed by atoms with van der Waals surface area (Å²) in [4.78, 5) is 8.93. The summed E-state index contributed by atoms with van der Waals surface area (Å²) in [7, 11) is 2.00. The van der Waals surface area contributed by atoms with Crippen molar-refractivity contribution >= 4 is 33.9 Å². The van der Waals surface area contributed by atoms with Crippen LogP contribution in [0.15, 0.2) is 47.2 Å². The van der Waals surface area contributed by atoms with Crippen LogP contribution in [0.25, 0.3) is 0 Å². The molecule has 0 aliphatic rings. The lowest BCUT2D eigenvalue weighted by molar-refractivity contribution is 0.789. The molecule has 0 saturated heterocycles. The van der Waals surface area contributed by atoms with Gasteiger partial charge in [-0.05, 0) is 18.6 Å². The maximum absolute atomic E-state index is 4.63. The summed E-state index contributed by atoms with van der Waals surface area (Å²) < 4.78 is 2.02. The van der Waals surface area contributed by atoms with E-state index >= 15 is 0 Å². The van der Waals surface area contributed by atoms with Crippen molar-refractivity contribution in [1.82, 2.24) is 14.5 Å². The van der Waals surface area contributed by atoms with E-state index in [2.05, 4.69) is 39.7 Å². The lowest BCUT2D eigenvalue weighted by Gasteiger charge is -2.05. The van der Waals surface area contributed by atoms with Crippen molar-refractivity contribution in [1.29, 1.82) is 0 Å². The molecule has 2 heterocycles. The molecule has 3 aromatic rings. The number of nitrogens with zero attached hydrogens (tertiary/aromatic N) is 3. The van der Waals surface area contributed by atoms with E-state index in [1.807, 2.05) is 36.1 Å². The van der Waals surface area contributed by atoms with E-state index in [4.69, 9.17) is 0 Å². The van der Waals surface area contributed by atoms with Crippen molar-refractivity contribution in [2.45, 2.75) is 17.8 Å². The topological polar surface area (TPSA) is 42.7 Å². The van der Waals surface area contributed by atoms with Crippen LogP contribution >= 0.6 is 23.1 Å². The number of hydrogen-bond acceptors (Lipinski definition) is 5. The van der Waals surface area contributed by atoms with Gasteiger partial charge in [0.15, 0.2) is 10.3 Å². The Hall–Kier alpha value is -1.79. The molecule has 108 valence electrons. The minimum Gasteiger partial charge on any atom is -0.331 e. The Morgan fingerprint density at radius 3 is 2.95 bits per heavy atom. The van der Waals surface area contributed by atoms with Gasteiger partial charge in [0.05, 0.1) is 5.69 Å². The quantitative estimate of drug-likeness (QED) is 0.716. The van der Waals surface area contributed by atoms with Crippen LogP contribution in [0.5, 0.6) is 0 Å². The molecule has 0 spiro atoms. The third-order valence-electron chi connectivity index (χ3n) is 3.06. The second-order valence-electron chi connectivity index (χ2n) is 4.69. The summed E-state index contributed by atoms with van der Waals surface area (Å²) in [6, 6.07) is 8.23. The number of benzene rings is 1. The molecule has 0 aliphatic heterocycles. The van der Waals surface area contributed by atoms with Crippen LogP contribution in [0.1, 0.15) is 11.3 Å². The molecule has 0 aliphatic carbocycles. The predicted octanol–water partition coefficient (Wildman–Crippen LogP) is 4.22. The molecule has 3 rings (SSSR count). The molecule has 2 aromatic heterocycles. The number of aromatic nitrogens is 3. The third kappa shape index (κ3) is 3.46. The SMILES string of the molecule is Cc1ccccc1Nc1nc(CSc2nccn2C)cs1. The number of imidazole rings is 1. The first-order valence-electron chi connectivity index (χ1n) is 6.59. The fourth-order valence-electron chi connectivity index (χ4n) is 1.89. The molecule has 1 aromatic carbocycles. The average molecular weight is 316 g/mol. The number of hydrogen-bond donors (Lipinski definition) is 1. The molecule has 0 fully saturated rings. The summed E-state index contributed by atoms with van der Waals surface area (Å²) in [6.07, 6.45) is 3.77. The molecule has 21 heavy (non-hydrogen) atoms. The monoisotopic (exact) mass is 316 g/mol. The zero-order valence-electron chi connectivity index (χ0n) is 11.9. The number of aryl methyl sites for hydroxylation is 2. The molecule has 0 saturated carbocycles. The minimum atomic E-state index is 0.830. The van der Waals surface area contributed by atoms with Gasteiger partial charge in [-0.15, -0.1) is 11.3 Å². The van der Waals surface area contributed by atoms with Gasteiger partial charge in [0.25, 0.3) is 0 Å². The highest BCUT2D eigenvalue weighted by atomic mass is 32.2. The normalized spacial score (nSPS) is 10.8. The van der Waals surface area contributed by atoms with E-state index in [0.717, 1.165) is 27.4 Å². The number of anilines is 2. The van der Waals surface area contributed by atoms with Gasteiger partial charge in [0.2, 0.25) is 0 Å². The summed E-state index contributed by atoms with van der Waals surface area (Å²) in [6.45, 7) is 2.09. The highest BCUT2D eigenvalue weighted by Crippen LogP contribution is 2.26. The summed E-state index contributed by atoms with van der Waals surface area (Å²) in [5.74, 6) is 0.830. The molecule has 6 heteroatoms. The van der Waals surface area contributed by atoms with Crippen molar-refractivity contribution < 1.29 is 0 Å². The Balaban J connectivity index is 1.64. The van der Waals surface area contributed by atoms with Gasteiger partial charge in [-0.25, -0.2) is 9.97 Å². The number of rotatable bonds is 5. The second kappa shape index (κ2) is 6.32. The molecule has 0 unspecified atom stereocenters. The van der Waals surface area contributed by atoms with E-state index in [9.17, 15) is 0 Å². The summed E-state index contributed by atoms with van der Waals surface area (Å²) in [5.41, 5.74) is 3.40. The van der Waals surface area contributed by atoms with E-state index < -0.39 is 0 Å². The molecule has 4 nitrogen and oxygen atoms in total. The molecular weight excluding hydrogens is 300 g/mol. The molecule has 0 atom stereocenters.